The van der Waals surface area contributed by atoms with Crippen LogP contribution in [-0.4, -0.2) is 6.29 Å². The fraction of sp³-hybridized carbons (Fsp3) is 0.667. The Balaban J connectivity index is 0.000000145. The third-order valence-corrected chi connectivity index (χ3v) is 0.814. The second kappa shape index (κ2) is 4.32. The minimum atomic E-state index is 0.454. The second-order valence-corrected chi connectivity index (χ2v) is 1.70. The molecule has 0 aliphatic heterocycles. The summed E-state index contributed by atoms with van der Waals surface area (Å²) >= 11 is 0. The zero-order valence-electron chi connectivity index (χ0n) is 4.92. The molecule has 0 unspecified atom stereocenters. The maximum atomic E-state index is 9.57. The van der Waals surface area contributed by atoms with Gasteiger partial charge >= 0.3 is 0 Å². The van der Waals surface area contributed by atoms with Crippen LogP contribution < -0.4 is 0 Å². The number of nitriles is 1. The van der Waals surface area contributed by atoms with Gasteiger partial charge in [0.05, 0.1) is 6.07 Å². The Labute approximate surface area is 49.1 Å². The van der Waals surface area contributed by atoms with Gasteiger partial charge in [0.15, 0.2) is 0 Å². The lowest BCUT2D eigenvalue weighted by atomic mass is 10.5. The molecule has 0 spiro atoms. The molecule has 0 aromatic carbocycles. The lowest BCUT2D eigenvalue weighted by Crippen LogP contribution is -1.66. The van der Waals surface area contributed by atoms with E-state index in [1.807, 2.05) is 0 Å². The van der Waals surface area contributed by atoms with Crippen molar-refractivity contribution in [3.63, 3.8) is 0 Å². The molecule has 0 atom stereocenters. The van der Waals surface area contributed by atoms with Gasteiger partial charge in [0.2, 0.25) is 0 Å². The summed E-state index contributed by atoms with van der Waals surface area (Å²) in [7, 11) is 0. The van der Waals surface area contributed by atoms with Crippen molar-refractivity contribution < 1.29 is 4.79 Å². The van der Waals surface area contributed by atoms with Crippen molar-refractivity contribution in [3.8, 4) is 6.07 Å². The number of nitrogens with zero attached hydrogens (tertiary/aromatic N) is 1. The van der Waals surface area contributed by atoms with Gasteiger partial charge in [-0.25, -0.2) is 0 Å². The summed E-state index contributed by atoms with van der Waals surface area (Å²) < 4.78 is 0. The Kier molecular flexibility index (Phi) is 3.87. The van der Waals surface area contributed by atoms with Gasteiger partial charge in [0.1, 0.15) is 6.29 Å². The van der Waals surface area contributed by atoms with Gasteiger partial charge < -0.3 is 4.79 Å². The summed E-state index contributed by atoms with van der Waals surface area (Å²) in [5.41, 5.74) is 0. The van der Waals surface area contributed by atoms with Crippen molar-refractivity contribution in [1.82, 2.24) is 0 Å². The Hall–Kier alpha value is -0.840. The molecule has 1 rings (SSSR count). The van der Waals surface area contributed by atoms with Gasteiger partial charge in [-0.15, -0.1) is 0 Å². The highest BCUT2D eigenvalue weighted by atomic mass is 16.1. The fourth-order valence-corrected chi connectivity index (χ4v) is 0.232. The number of carbonyl (C=O) groups excluding carboxylic acids is 1. The molecule has 0 saturated heterocycles. The first-order valence-corrected chi connectivity index (χ1v) is 2.61. The molecule has 1 fully saturated rings. The molecular formula is C6H9NO. The van der Waals surface area contributed by atoms with Crippen molar-refractivity contribution in [2.45, 2.75) is 19.8 Å². The molecule has 0 bridgehead atoms. The molecule has 0 aromatic rings. The Morgan fingerprint density at radius 1 is 1.75 bits per heavy atom. The molecule has 8 heavy (non-hydrogen) atoms. The van der Waals surface area contributed by atoms with Crippen LogP contribution in [0.5, 0.6) is 0 Å². The number of carbonyl (C=O) groups is 1. The monoisotopic (exact) mass is 111 g/mol. The lowest BCUT2D eigenvalue weighted by Gasteiger charge is -1.56. The summed E-state index contributed by atoms with van der Waals surface area (Å²) in [5.74, 6) is 0.454. The first-order valence-electron chi connectivity index (χ1n) is 2.61. The van der Waals surface area contributed by atoms with Crippen LogP contribution in [0, 0.1) is 17.2 Å². The average molecular weight is 111 g/mol. The van der Waals surface area contributed by atoms with Gasteiger partial charge in [0.25, 0.3) is 0 Å². The summed E-state index contributed by atoms with van der Waals surface area (Å²) in [6.07, 6.45) is 3.31. The molecule has 0 N–H and O–H groups in total. The van der Waals surface area contributed by atoms with E-state index in [0.717, 1.165) is 19.1 Å². The smallest absolute Gasteiger partial charge is 0.123 e. The number of hydrogen-bond donors (Lipinski definition) is 0. The summed E-state index contributed by atoms with van der Waals surface area (Å²) in [4.78, 5) is 9.57. The van der Waals surface area contributed by atoms with E-state index >= 15 is 0 Å². The van der Waals surface area contributed by atoms with Gasteiger partial charge in [0, 0.05) is 12.8 Å². The zero-order chi connectivity index (χ0) is 6.41. The fourth-order valence-electron chi connectivity index (χ4n) is 0.232. The molecule has 44 valence electrons. The quantitative estimate of drug-likeness (QED) is 0.476. The minimum absolute atomic E-state index is 0.454. The lowest BCUT2D eigenvalue weighted by molar-refractivity contribution is -0.108. The SMILES string of the molecule is CC#N.O=CC1CC1. The van der Waals surface area contributed by atoms with E-state index in [0.29, 0.717) is 5.92 Å². The minimum Gasteiger partial charge on any atom is -0.303 e. The van der Waals surface area contributed by atoms with Crippen LogP contribution in [0.3, 0.4) is 0 Å². The standard InChI is InChI=1S/C4H6O.C2H3N/c5-3-4-1-2-4;1-2-3/h3-4H,1-2H2;1H3. The van der Waals surface area contributed by atoms with Crippen molar-refractivity contribution >= 4 is 6.29 Å². The molecule has 0 radical (unpaired) electrons. The van der Waals surface area contributed by atoms with Gasteiger partial charge in [-0.2, -0.15) is 5.26 Å². The Morgan fingerprint density at radius 3 is 2.12 bits per heavy atom. The van der Waals surface area contributed by atoms with E-state index in [1.165, 1.54) is 6.92 Å². The molecule has 1 saturated carbocycles. The topological polar surface area (TPSA) is 40.9 Å². The van der Waals surface area contributed by atoms with E-state index < -0.39 is 0 Å². The zero-order valence-corrected chi connectivity index (χ0v) is 4.92. The van der Waals surface area contributed by atoms with E-state index in [1.54, 1.807) is 6.07 Å². The predicted molar refractivity (Wildman–Crippen MR) is 30.1 cm³/mol. The van der Waals surface area contributed by atoms with E-state index in [4.69, 9.17) is 5.26 Å². The Morgan fingerprint density at radius 2 is 2.12 bits per heavy atom. The van der Waals surface area contributed by atoms with Crippen molar-refractivity contribution in [2.24, 2.45) is 5.92 Å². The van der Waals surface area contributed by atoms with Crippen LogP contribution in [0.25, 0.3) is 0 Å². The molecule has 1 aliphatic carbocycles. The molecule has 2 nitrogen and oxygen atoms in total. The maximum absolute atomic E-state index is 9.57. The van der Waals surface area contributed by atoms with Crippen LogP contribution in [0.15, 0.2) is 0 Å². The van der Waals surface area contributed by atoms with Crippen LogP contribution in [0.4, 0.5) is 0 Å². The van der Waals surface area contributed by atoms with Gasteiger partial charge in [-0.1, -0.05) is 0 Å². The number of hydrogen-bond acceptors (Lipinski definition) is 2. The average Bonchev–Trinajstić information content (AvgIpc) is 2.48. The molecule has 0 aromatic heterocycles. The summed E-state index contributed by atoms with van der Waals surface area (Å²) in [6, 6.07) is 1.75. The van der Waals surface area contributed by atoms with Crippen LogP contribution >= 0.6 is 0 Å². The van der Waals surface area contributed by atoms with Gasteiger partial charge in [-0.05, 0) is 12.8 Å². The molecule has 0 heterocycles. The van der Waals surface area contributed by atoms with Crippen LogP contribution in [0.1, 0.15) is 19.8 Å². The molecular weight excluding hydrogens is 102 g/mol. The molecule has 1 aliphatic rings. The highest BCUT2D eigenvalue weighted by Crippen LogP contribution is 2.25. The highest BCUT2D eigenvalue weighted by molar-refractivity contribution is 5.56. The summed E-state index contributed by atoms with van der Waals surface area (Å²) in [6.45, 7) is 1.43. The number of rotatable bonds is 1. The third kappa shape index (κ3) is 5.16. The third-order valence-electron chi connectivity index (χ3n) is 0.814. The van der Waals surface area contributed by atoms with Crippen LogP contribution in [0.2, 0.25) is 0 Å². The normalized spacial score (nSPS) is 15.0. The summed E-state index contributed by atoms with van der Waals surface area (Å²) in [5, 5.41) is 7.32. The van der Waals surface area contributed by atoms with Crippen molar-refractivity contribution in [1.29, 1.82) is 5.26 Å². The van der Waals surface area contributed by atoms with Crippen molar-refractivity contribution in [3.05, 3.63) is 0 Å². The van der Waals surface area contributed by atoms with E-state index in [-0.39, 0.29) is 0 Å². The highest BCUT2D eigenvalue weighted by Gasteiger charge is 2.18. The second-order valence-electron chi connectivity index (χ2n) is 1.70. The van der Waals surface area contributed by atoms with Crippen molar-refractivity contribution in [2.75, 3.05) is 0 Å². The largest absolute Gasteiger partial charge is 0.303 e. The number of aldehydes is 1. The molecule has 0 amide bonds. The van der Waals surface area contributed by atoms with E-state index in [2.05, 4.69) is 0 Å². The van der Waals surface area contributed by atoms with Gasteiger partial charge in [-0.3, -0.25) is 0 Å². The molecule has 2 heteroatoms. The Bertz CT molecular complexity index is 99.6. The first-order chi connectivity index (χ1) is 3.85. The predicted octanol–water partition coefficient (Wildman–Crippen LogP) is 1.13. The van der Waals surface area contributed by atoms with Crippen LogP contribution in [-0.2, 0) is 4.79 Å². The van der Waals surface area contributed by atoms with E-state index in [9.17, 15) is 4.79 Å². The maximum Gasteiger partial charge on any atom is 0.123 e. The first kappa shape index (κ1) is 7.16.